The van der Waals surface area contributed by atoms with Gasteiger partial charge in [-0.15, -0.1) is 0 Å². The molecule has 4 rings (SSSR count). The third-order valence-electron chi connectivity index (χ3n) is 5.76. The van der Waals surface area contributed by atoms with Crippen LogP contribution in [0, 0.1) is 0 Å². The van der Waals surface area contributed by atoms with Gasteiger partial charge >= 0.3 is 0 Å². The summed E-state index contributed by atoms with van der Waals surface area (Å²) in [5.74, 6) is 2.66. The highest BCUT2D eigenvalue weighted by atomic mass is 32.2. The lowest BCUT2D eigenvalue weighted by atomic mass is 9.99. The van der Waals surface area contributed by atoms with E-state index in [1.165, 1.54) is 5.56 Å². The quantitative estimate of drug-likeness (QED) is 0.587. The minimum Gasteiger partial charge on any atom is -0.454 e. The van der Waals surface area contributed by atoms with Gasteiger partial charge in [-0.3, -0.25) is 0 Å². The second-order valence-electron chi connectivity index (χ2n) is 7.95. The van der Waals surface area contributed by atoms with E-state index in [9.17, 15) is 8.42 Å². The largest absolute Gasteiger partial charge is 0.454 e. The molecule has 0 amide bonds. The van der Waals surface area contributed by atoms with E-state index in [1.54, 1.807) is 0 Å². The lowest BCUT2D eigenvalue weighted by Gasteiger charge is -2.21. The van der Waals surface area contributed by atoms with Gasteiger partial charge in [0.1, 0.15) is 5.82 Å². The SMILES string of the molecule is C[C@@H](N[C@H]1CC[C@@H](c2ccc(NCCS(N)(=O)=O)nc2)C1)c1cccc2c1OCO2. The zero-order chi connectivity index (χ0) is 21.1. The maximum atomic E-state index is 11.0. The summed E-state index contributed by atoms with van der Waals surface area (Å²) in [6.45, 7) is 2.69. The van der Waals surface area contributed by atoms with Crippen molar-refractivity contribution in [2.24, 2.45) is 5.14 Å². The zero-order valence-corrected chi connectivity index (χ0v) is 17.8. The highest BCUT2D eigenvalue weighted by molar-refractivity contribution is 7.89. The lowest BCUT2D eigenvalue weighted by Crippen LogP contribution is -2.29. The summed E-state index contributed by atoms with van der Waals surface area (Å²) in [6.07, 6.45) is 5.15. The Morgan fingerprint density at radius 3 is 2.87 bits per heavy atom. The number of ether oxygens (including phenoxy) is 2. The molecule has 9 heteroatoms. The van der Waals surface area contributed by atoms with Crippen LogP contribution in [0.5, 0.6) is 11.5 Å². The Balaban J connectivity index is 1.31. The summed E-state index contributed by atoms with van der Waals surface area (Å²) >= 11 is 0. The van der Waals surface area contributed by atoms with Crippen molar-refractivity contribution < 1.29 is 17.9 Å². The molecule has 0 unspecified atom stereocenters. The molecule has 162 valence electrons. The fourth-order valence-corrected chi connectivity index (χ4v) is 4.63. The minimum atomic E-state index is -3.47. The van der Waals surface area contributed by atoms with Gasteiger partial charge in [-0.05, 0) is 49.8 Å². The third-order valence-corrected chi connectivity index (χ3v) is 6.54. The number of nitrogens with one attached hydrogen (secondary N) is 2. The molecular formula is C21H28N4O4S. The summed E-state index contributed by atoms with van der Waals surface area (Å²) in [4.78, 5) is 4.42. The number of anilines is 1. The number of primary sulfonamides is 1. The molecule has 1 fully saturated rings. The number of sulfonamides is 1. The first kappa shape index (κ1) is 20.9. The van der Waals surface area contributed by atoms with E-state index in [2.05, 4.69) is 34.7 Å². The van der Waals surface area contributed by atoms with Gasteiger partial charge in [0.2, 0.25) is 16.8 Å². The van der Waals surface area contributed by atoms with Gasteiger partial charge in [-0.1, -0.05) is 18.2 Å². The third kappa shape index (κ3) is 5.03. The highest BCUT2D eigenvalue weighted by Crippen LogP contribution is 2.40. The van der Waals surface area contributed by atoms with E-state index >= 15 is 0 Å². The maximum Gasteiger partial charge on any atom is 0.231 e. The van der Waals surface area contributed by atoms with E-state index in [0.29, 0.717) is 17.8 Å². The van der Waals surface area contributed by atoms with Gasteiger partial charge in [0.15, 0.2) is 11.5 Å². The summed E-state index contributed by atoms with van der Waals surface area (Å²) in [6, 6.07) is 10.6. The van der Waals surface area contributed by atoms with E-state index in [1.807, 2.05) is 24.4 Å². The fourth-order valence-electron chi connectivity index (χ4n) is 4.25. The smallest absolute Gasteiger partial charge is 0.231 e. The normalized spacial score (nSPS) is 21.5. The van der Waals surface area contributed by atoms with Crippen LogP contribution < -0.4 is 25.2 Å². The molecule has 0 radical (unpaired) electrons. The lowest BCUT2D eigenvalue weighted by molar-refractivity contribution is 0.172. The number of aromatic nitrogens is 1. The van der Waals surface area contributed by atoms with Crippen LogP contribution in [-0.2, 0) is 10.0 Å². The first-order valence-corrected chi connectivity index (χ1v) is 12.0. The topological polar surface area (TPSA) is 116 Å². The van der Waals surface area contributed by atoms with Crippen LogP contribution in [0.4, 0.5) is 5.82 Å². The highest BCUT2D eigenvalue weighted by Gasteiger charge is 2.29. The van der Waals surface area contributed by atoms with Gasteiger partial charge in [-0.25, -0.2) is 18.5 Å². The molecule has 0 bridgehead atoms. The number of nitrogens with two attached hydrogens (primary N) is 1. The van der Waals surface area contributed by atoms with Gasteiger partial charge in [0, 0.05) is 30.4 Å². The first-order chi connectivity index (χ1) is 14.4. The molecule has 0 saturated heterocycles. The Bertz CT molecular complexity index is 981. The zero-order valence-electron chi connectivity index (χ0n) is 17.0. The van der Waals surface area contributed by atoms with Crippen LogP contribution in [0.15, 0.2) is 36.5 Å². The van der Waals surface area contributed by atoms with E-state index in [0.717, 1.165) is 36.3 Å². The predicted molar refractivity (Wildman–Crippen MR) is 115 cm³/mol. The average Bonchev–Trinajstić information content (AvgIpc) is 3.36. The molecule has 2 aromatic rings. The summed E-state index contributed by atoms with van der Waals surface area (Å²) < 4.78 is 33.1. The molecule has 2 heterocycles. The van der Waals surface area contributed by atoms with Gasteiger partial charge in [0.25, 0.3) is 0 Å². The van der Waals surface area contributed by atoms with Crippen molar-refractivity contribution in [3.8, 4) is 11.5 Å². The molecule has 30 heavy (non-hydrogen) atoms. The number of fused-ring (bicyclic) bond motifs is 1. The number of pyridine rings is 1. The van der Waals surface area contributed by atoms with Crippen LogP contribution >= 0.6 is 0 Å². The van der Waals surface area contributed by atoms with Crippen molar-refractivity contribution in [1.82, 2.24) is 10.3 Å². The van der Waals surface area contributed by atoms with Crippen molar-refractivity contribution in [2.45, 2.75) is 44.2 Å². The second-order valence-corrected chi connectivity index (χ2v) is 9.68. The van der Waals surface area contributed by atoms with E-state index in [-0.39, 0.29) is 25.1 Å². The van der Waals surface area contributed by atoms with Crippen LogP contribution in [0.1, 0.15) is 49.3 Å². The summed E-state index contributed by atoms with van der Waals surface area (Å²) in [5, 5.41) is 11.7. The molecule has 0 spiro atoms. The molecule has 1 aliphatic carbocycles. The summed E-state index contributed by atoms with van der Waals surface area (Å²) in [5.41, 5.74) is 2.34. The number of benzene rings is 1. The number of para-hydroxylation sites is 1. The van der Waals surface area contributed by atoms with Crippen molar-refractivity contribution in [2.75, 3.05) is 24.4 Å². The molecule has 1 aliphatic heterocycles. The molecular weight excluding hydrogens is 404 g/mol. The van der Waals surface area contributed by atoms with Crippen LogP contribution in [0.3, 0.4) is 0 Å². The molecule has 1 saturated carbocycles. The van der Waals surface area contributed by atoms with Crippen LogP contribution in [0.2, 0.25) is 0 Å². The molecule has 3 atom stereocenters. The fraction of sp³-hybridized carbons (Fsp3) is 0.476. The van der Waals surface area contributed by atoms with E-state index in [4.69, 9.17) is 14.6 Å². The second kappa shape index (κ2) is 8.79. The molecule has 4 N–H and O–H groups in total. The Morgan fingerprint density at radius 1 is 1.23 bits per heavy atom. The summed E-state index contributed by atoms with van der Waals surface area (Å²) in [7, 11) is -3.47. The molecule has 1 aromatic carbocycles. The van der Waals surface area contributed by atoms with Crippen molar-refractivity contribution in [1.29, 1.82) is 0 Å². The minimum absolute atomic E-state index is 0.119. The number of nitrogens with zero attached hydrogens (tertiary/aromatic N) is 1. The Hall–Kier alpha value is -2.36. The Kier molecular flexibility index (Phi) is 6.12. The standard InChI is InChI=1S/C21H28N4O4S/c1-14(18-3-2-4-19-21(18)29-13-28-19)25-17-7-5-15(11-17)16-6-8-20(24-12-16)23-9-10-30(22,26)27/h2-4,6,8,12,14-15,17,25H,5,7,9-11,13H2,1H3,(H,23,24)(H2,22,26,27)/t14-,15-,17+/m1/s1. The molecule has 2 aliphatic rings. The Morgan fingerprint density at radius 2 is 2.10 bits per heavy atom. The van der Waals surface area contributed by atoms with Crippen LogP contribution in [0.25, 0.3) is 0 Å². The molecule has 1 aromatic heterocycles. The van der Waals surface area contributed by atoms with Gasteiger partial charge in [0.05, 0.1) is 5.75 Å². The van der Waals surface area contributed by atoms with E-state index < -0.39 is 10.0 Å². The predicted octanol–water partition coefficient (Wildman–Crippen LogP) is 2.50. The maximum absolute atomic E-state index is 11.0. The number of hydrogen-bond acceptors (Lipinski definition) is 7. The average molecular weight is 433 g/mol. The Labute approximate surface area is 177 Å². The van der Waals surface area contributed by atoms with Crippen molar-refractivity contribution in [3.05, 3.63) is 47.7 Å². The molecule has 8 nitrogen and oxygen atoms in total. The van der Waals surface area contributed by atoms with Crippen molar-refractivity contribution >= 4 is 15.8 Å². The van der Waals surface area contributed by atoms with Gasteiger partial charge < -0.3 is 20.1 Å². The first-order valence-electron chi connectivity index (χ1n) is 10.2. The van der Waals surface area contributed by atoms with Gasteiger partial charge in [-0.2, -0.15) is 0 Å². The van der Waals surface area contributed by atoms with Crippen LogP contribution in [-0.4, -0.2) is 38.5 Å². The monoisotopic (exact) mass is 432 g/mol. The van der Waals surface area contributed by atoms with Crippen molar-refractivity contribution in [3.63, 3.8) is 0 Å². The number of rotatable bonds is 8. The number of hydrogen-bond donors (Lipinski definition) is 3.